The Kier molecular flexibility index (Phi) is 2.11. The molecule has 0 fully saturated rings. The maximum absolute atomic E-state index is 12.3. The Bertz CT molecular complexity index is 516. The first-order valence-electron chi connectivity index (χ1n) is 4.12. The van der Waals surface area contributed by atoms with Crippen LogP contribution in [-0.2, 0) is 6.18 Å². The summed E-state index contributed by atoms with van der Waals surface area (Å²) in [7, 11) is 0. The molecule has 0 aliphatic rings. The maximum atomic E-state index is 12.3. The average molecular weight is 232 g/mol. The monoisotopic (exact) mass is 232 g/mol. The van der Waals surface area contributed by atoms with Crippen molar-refractivity contribution >= 4 is 26.6 Å². The number of hydrogen-bond acceptors (Lipinski definition) is 3. The standard InChI is InChI=1S/C9H7F3N2S/c1-4-5-2-3-6(9(10,11)12)14-8(5)15-7(4)13/h2-3H,13H2,1H3. The van der Waals surface area contributed by atoms with Gasteiger partial charge in [-0.15, -0.1) is 0 Å². The number of alkyl halides is 3. The molecule has 0 atom stereocenters. The lowest BCUT2D eigenvalue weighted by molar-refractivity contribution is -0.140. The van der Waals surface area contributed by atoms with Crippen molar-refractivity contribution in [2.24, 2.45) is 0 Å². The zero-order chi connectivity index (χ0) is 11.2. The largest absolute Gasteiger partial charge is 0.433 e. The van der Waals surface area contributed by atoms with Gasteiger partial charge in [0.1, 0.15) is 10.5 Å². The lowest BCUT2D eigenvalue weighted by atomic mass is 10.2. The minimum Gasteiger partial charge on any atom is -0.390 e. The van der Waals surface area contributed by atoms with Crippen molar-refractivity contribution in [3.8, 4) is 0 Å². The molecule has 6 heteroatoms. The molecule has 0 aromatic carbocycles. The van der Waals surface area contributed by atoms with Crippen LogP contribution in [0, 0.1) is 6.92 Å². The van der Waals surface area contributed by atoms with Crippen molar-refractivity contribution in [3.05, 3.63) is 23.4 Å². The predicted octanol–water partition coefficient (Wildman–Crippen LogP) is 3.21. The lowest BCUT2D eigenvalue weighted by Crippen LogP contribution is -2.06. The topological polar surface area (TPSA) is 38.9 Å². The number of nitrogens with two attached hydrogens (primary N) is 1. The normalized spacial score (nSPS) is 12.3. The minimum atomic E-state index is -4.40. The highest BCUT2D eigenvalue weighted by Gasteiger charge is 2.32. The fraction of sp³-hybridized carbons (Fsp3) is 0.222. The summed E-state index contributed by atoms with van der Waals surface area (Å²) in [5, 5.41) is 1.20. The number of anilines is 1. The van der Waals surface area contributed by atoms with Gasteiger partial charge in [0.2, 0.25) is 0 Å². The Morgan fingerprint density at radius 3 is 2.60 bits per heavy atom. The van der Waals surface area contributed by atoms with Gasteiger partial charge >= 0.3 is 6.18 Å². The summed E-state index contributed by atoms with van der Waals surface area (Å²) >= 11 is 1.08. The van der Waals surface area contributed by atoms with E-state index in [0.29, 0.717) is 15.2 Å². The van der Waals surface area contributed by atoms with Gasteiger partial charge in [-0.05, 0) is 24.6 Å². The summed E-state index contributed by atoms with van der Waals surface area (Å²) in [5.74, 6) is 0. The average Bonchev–Trinajstić information content (AvgIpc) is 2.41. The number of nitrogen functional groups attached to an aromatic ring is 1. The zero-order valence-corrected chi connectivity index (χ0v) is 8.54. The van der Waals surface area contributed by atoms with Gasteiger partial charge in [-0.3, -0.25) is 0 Å². The van der Waals surface area contributed by atoms with Gasteiger partial charge in [-0.25, -0.2) is 4.98 Å². The molecule has 2 rings (SSSR count). The number of thiophene rings is 1. The number of pyridine rings is 1. The third-order valence-electron chi connectivity index (χ3n) is 2.13. The van der Waals surface area contributed by atoms with Crippen LogP contribution in [0.3, 0.4) is 0 Å². The lowest BCUT2D eigenvalue weighted by Gasteiger charge is -2.04. The van der Waals surface area contributed by atoms with Gasteiger partial charge in [0.15, 0.2) is 0 Å². The van der Waals surface area contributed by atoms with Crippen molar-refractivity contribution < 1.29 is 13.2 Å². The Hall–Kier alpha value is -1.30. The van der Waals surface area contributed by atoms with E-state index in [0.717, 1.165) is 23.0 Å². The summed E-state index contributed by atoms with van der Waals surface area (Å²) in [5.41, 5.74) is 5.52. The molecule has 2 heterocycles. The van der Waals surface area contributed by atoms with E-state index in [1.165, 1.54) is 6.07 Å². The van der Waals surface area contributed by atoms with Crippen molar-refractivity contribution in [1.29, 1.82) is 0 Å². The highest BCUT2D eigenvalue weighted by Crippen LogP contribution is 2.35. The zero-order valence-electron chi connectivity index (χ0n) is 7.72. The molecule has 2 N–H and O–H groups in total. The third-order valence-corrected chi connectivity index (χ3v) is 3.16. The van der Waals surface area contributed by atoms with E-state index in [1.54, 1.807) is 6.92 Å². The molecule has 0 aliphatic carbocycles. The summed E-state index contributed by atoms with van der Waals surface area (Å²) < 4.78 is 37.0. The Morgan fingerprint density at radius 2 is 2.00 bits per heavy atom. The predicted molar refractivity (Wildman–Crippen MR) is 53.8 cm³/mol. The van der Waals surface area contributed by atoms with Gasteiger partial charge < -0.3 is 5.73 Å². The number of aromatic nitrogens is 1. The first-order valence-corrected chi connectivity index (χ1v) is 4.94. The molecule has 2 aromatic rings. The van der Waals surface area contributed by atoms with E-state index < -0.39 is 11.9 Å². The van der Waals surface area contributed by atoms with E-state index in [1.807, 2.05) is 0 Å². The second-order valence-electron chi connectivity index (χ2n) is 3.14. The van der Waals surface area contributed by atoms with E-state index in [9.17, 15) is 13.2 Å². The fourth-order valence-corrected chi connectivity index (χ4v) is 2.22. The molecular weight excluding hydrogens is 225 g/mol. The second kappa shape index (κ2) is 3.10. The van der Waals surface area contributed by atoms with Crippen LogP contribution in [-0.4, -0.2) is 4.98 Å². The molecule has 0 amide bonds. The molecule has 0 saturated heterocycles. The molecule has 0 unspecified atom stereocenters. The number of aryl methyl sites for hydroxylation is 1. The van der Waals surface area contributed by atoms with Crippen LogP contribution in [0.2, 0.25) is 0 Å². The summed E-state index contributed by atoms with van der Waals surface area (Å²) in [4.78, 5) is 3.87. The summed E-state index contributed by atoms with van der Waals surface area (Å²) in [6, 6.07) is 2.38. The quantitative estimate of drug-likeness (QED) is 0.757. The number of halogens is 3. The maximum Gasteiger partial charge on any atom is 0.433 e. The molecule has 2 aromatic heterocycles. The smallest absolute Gasteiger partial charge is 0.390 e. The highest BCUT2D eigenvalue weighted by molar-refractivity contribution is 7.22. The first-order chi connectivity index (χ1) is 6.89. The third kappa shape index (κ3) is 1.65. The van der Waals surface area contributed by atoms with Crippen LogP contribution >= 0.6 is 11.3 Å². The Morgan fingerprint density at radius 1 is 1.33 bits per heavy atom. The minimum absolute atomic E-state index is 0.333. The van der Waals surface area contributed by atoms with E-state index >= 15 is 0 Å². The molecule has 15 heavy (non-hydrogen) atoms. The molecule has 80 valence electrons. The van der Waals surface area contributed by atoms with Crippen molar-refractivity contribution in [1.82, 2.24) is 4.98 Å². The van der Waals surface area contributed by atoms with E-state index in [2.05, 4.69) is 4.98 Å². The SMILES string of the molecule is Cc1c(N)sc2nc(C(F)(F)F)ccc12. The van der Waals surface area contributed by atoms with Crippen LogP contribution in [0.15, 0.2) is 12.1 Å². The number of fused-ring (bicyclic) bond motifs is 1. The fourth-order valence-electron chi connectivity index (χ4n) is 1.27. The van der Waals surface area contributed by atoms with Crippen LogP contribution in [0.5, 0.6) is 0 Å². The summed E-state index contributed by atoms with van der Waals surface area (Å²) in [6.45, 7) is 1.77. The molecule has 0 spiro atoms. The molecule has 2 nitrogen and oxygen atoms in total. The van der Waals surface area contributed by atoms with E-state index in [4.69, 9.17) is 5.73 Å². The van der Waals surface area contributed by atoms with Crippen molar-refractivity contribution in [3.63, 3.8) is 0 Å². The Balaban J connectivity index is 2.67. The number of rotatable bonds is 0. The Labute approximate surface area is 87.5 Å². The molecule has 0 radical (unpaired) electrons. The van der Waals surface area contributed by atoms with Crippen molar-refractivity contribution in [2.75, 3.05) is 5.73 Å². The van der Waals surface area contributed by atoms with Gasteiger partial charge in [0.05, 0.1) is 5.00 Å². The molecule has 0 bridgehead atoms. The molecule has 0 saturated carbocycles. The van der Waals surface area contributed by atoms with Crippen LogP contribution in [0.25, 0.3) is 10.2 Å². The second-order valence-corrected chi connectivity index (χ2v) is 4.17. The van der Waals surface area contributed by atoms with Gasteiger partial charge in [-0.2, -0.15) is 13.2 Å². The number of nitrogens with zero attached hydrogens (tertiary/aromatic N) is 1. The van der Waals surface area contributed by atoms with Gasteiger partial charge in [0, 0.05) is 5.39 Å². The summed E-state index contributed by atoms with van der Waals surface area (Å²) in [6.07, 6.45) is -4.40. The van der Waals surface area contributed by atoms with Crippen molar-refractivity contribution in [2.45, 2.75) is 13.1 Å². The van der Waals surface area contributed by atoms with Gasteiger partial charge in [0.25, 0.3) is 0 Å². The van der Waals surface area contributed by atoms with E-state index in [-0.39, 0.29) is 0 Å². The highest BCUT2D eigenvalue weighted by atomic mass is 32.1. The first kappa shape index (κ1) is 10.2. The molecular formula is C9H7F3N2S. The number of hydrogen-bond donors (Lipinski definition) is 1. The van der Waals surface area contributed by atoms with Gasteiger partial charge in [-0.1, -0.05) is 11.3 Å². The molecule has 0 aliphatic heterocycles. The van der Waals surface area contributed by atoms with Crippen LogP contribution < -0.4 is 5.73 Å². The van der Waals surface area contributed by atoms with Crippen LogP contribution in [0.4, 0.5) is 18.2 Å². The van der Waals surface area contributed by atoms with Crippen LogP contribution in [0.1, 0.15) is 11.3 Å².